The molecule has 3 heteroatoms. The normalized spacial score (nSPS) is 32.6. The van der Waals surface area contributed by atoms with E-state index >= 15 is 0 Å². The van der Waals surface area contributed by atoms with Crippen LogP contribution in [0.25, 0.3) is 0 Å². The topological polar surface area (TPSA) is 38.3 Å². The molecule has 2 saturated carbocycles. The van der Waals surface area contributed by atoms with E-state index in [0.717, 1.165) is 31.7 Å². The molecule has 18 heavy (non-hydrogen) atoms. The molecule has 2 unspecified atom stereocenters. The van der Waals surface area contributed by atoms with Crippen LogP contribution in [0.3, 0.4) is 0 Å². The van der Waals surface area contributed by atoms with Gasteiger partial charge in [-0.05, 0) is 50.0 Å². The molecule has 0 aromatic rings. The second-order valence-corrected chi connectivity index (χ2v) is 6.38. The first kappa shape index (κ1) is 13.9. The molecule has 0 radical (unpaired) electrons. The van der Waals surface area contributed by atoms with Crippen molar-refractivity contribution in [3.63, 3.8) is 0 Å². The lowest BCUT2D eigenvalue weighted by Gasteiger charge is -2.44. The van der Waals surface area contributed by atoms with E-state index < -0.39 is 5.54 Å². The van der Waals surface area contributed by atoms with Crippen LogP contribution in [0, 0.1) is 17.8 Å². The van der Waals surface area contributed by atoms with Gasteiger partial charge in [-0.15, -0.1) is 0 Å². The lowest BCUT2D eigenvalue weighted by atomic mass is 9.67. The number of nitrogens with one attached hydrogen (secondary N) is 1. The van der Waals surface area contributed by atoms with Crippen molar-refractivity contribution in [3.05, 3.63) is 0 Å². The Balaban J connectivity index is 2.15. The Morgan fingerprint density at radius 1 is 1.33 bits per heavy atom. The maximum atomic E-state index is 12.4. The highest BCUT2D eigenvalue weighted by molar-refractivity contribution is 5.81. The zero-order valence-corrected chi connectivity index (χ0v) is 12.0. The molecule has 0 aromatic carbocycles. The third-order valence-electron chi connectivity index (χ3n) is 4.73. The molecule has 104 valence electrons. The summed E-state index contributed by atoms with van der Waals surface area (Å²) < 4.78 is 5.12. The van der Waals surface area contributed by atoms with Gasteiger partial charge in [-0.3, -0.25) is 4.79 Å². The van der Waals surface area contributed by atoms with E-state index in [1.54, 1.807) is 0 Å². The fourth-order valence-corrected chi connectivity index (χ4v) is 3.48. The monoisotopic (exact) mass is 253 g/mol. The van der Waals surface area contributed by atoms with E-state index in [2.05, 4.69) is 19.2 Å². The Hall–Kier alpha value is -0.570. The Morgan fingerprint density at radius 2 is 2.06 bits per heavy atom. The molecule has 0 aliphatic heterocycles. The molecule has 0 aromatic heterocycles. The minimum absolute atomic E-state index is 0.0402. The number of ether oxygens (including phenoxy) is 1. The SMILES string of the molecule is COC(=O)C1(NCC2CC2)CCCCC1C(C)C. The first-order valence-electron chi connectivity index (χ1n) is 7.43. The second-order valence-electron chi connectivity index (χ2n) is 6.38. The van der Waals surface area contributed by atoms with Crippen LogP contribution in [0.1, 0.15) is 52.4 Å². The molecule has 2 aliphatic rings. The summed E-state index contributed by atoms with van der Waals surface area (Å²) in [5, 5.41) is 3.60. The number of hydrogen-bond donors (Lipinski definition) is 1. The zero-order valence-electron chi connectivity index (χ0n) is 12.0. The molecule has 1 N–H and O–H groups in total. The quantitative estimate of drug-likeness (QED) is 0.766. The molecular weight excluding hydrogens is 226 g/mol. The van der Waals surface area contributed by atoms with Gasteiger partial charge in [0.05, 0.1) is 7.11 Å². The summed E-state index contributed by atoms with van der Waals surface area (Å²) in [6, 6.07) is 0. The molecule has 2 aliphatic carbocycles. The van der Waals surface area contributed by atoms with Crippen molar-refractivity contribution in [1.29, 1.82) is 0 Å². The maximum Gasteiger partial charge on any atom is 0.326 e. The summed E-state index contributed by atoms with van der Waals surface area (Å²) in [5.74, 6) is 1.69. The fraction of sp³-hybridized carbons (Fsp3) is 0.933. The van der Waals surface area contributed by atoms with Crippen LogP contribution >= 0.6 is 0 Å². The van der Waals surface area contributed by atoms with Crippen LogP contribution in [0.15, 0.2) is 0 Å². The number of methoxy groups -OCH3 is 1. The zero-order chi connectivity index (χ0) is 13.2. The van der Waals surface area contributed by atoms with E-state index in [1.165, 1.54) is 26.4 Å². The first-order chi connectivity index (χ1) is 8.60. The Labute approximate surface area is 111 Å². The van der Waals surface area contributed by atoms with E-state index in [-0.39, 0.29) is 5.97 Å². The van der Waals surface area contributed by atoms with Crippen molar-refractivity contribution in [1.82, 2.24) is 5.32 Å². The van der Waals surface area contributed by atoms with Gasteiger partial charge in [-0.2, -0.15) is 0 Å². The molecule has 2 fully saturated rings. The standard InChI is InChI=1S/C15H27NO2/c1-11(2)13-6-4-5-9-15(13,14(17)18-3)16-10-12-7-8-12/h11-13,16H,4-10H2,1-3H3. The maximum absolute atomic E-state index is 12.4. The highest BCUT2D eigenvalue weighted by Gasteiger charge is 2.49. The van der Waals surface area contributed by atoms with Crippen molar-refractivity contribution in [2.75, 3.05) is 13.7 Å². The highest BCUT2D eigenvalue weighted by atomic mass is 16.5. The number of carbonyl (C=O) groups is 1. The molecule has 0 amide bonds. The van der Waals surface area contributed by atoms with Crippen LogP contribution in [0.5, 0.6) is 0 Å². The summed E-state index contributed by atoms with van der Waals surface area (Å²) in [6.07, 6.45) is 7.09. The Kier molecular flexibility index (Phi) is 4.31. The minimum atomic E-state index is -0.413. The van der Waals surface area contributed by atoms with Crippen LogP contribution in [0.2, 0.25) is 0 Å². The van der Waals surface area contributed by atoms with E-state index in [1.807, 2.05) is 0 Å². The summed E-state index contributed by atoms with van der Waals surface area (Å²) >= 11 is 0. The summed E-state index contributed by atoms with van der Waals surface area (Å²) in [7, 11) is 1.52. The van der Waals surface area contributed by atoms with Gasteiger partial charge in [0, 0.05) is 0 Å². The van der Waals surface area contributed by atoms with Gasteiger partial charge in [0.1, 0.15) is 5.54 Å². The van der Waals surface area contributed by atoms with E-state index in [4.69, 9.17) is 4.74 Å². The predicted octanol–water partition coefficient (Wildman–Crippen LogP) is 2.74. The number of rotatable bonds is 5. The minimum Gasteiger partial charge on any atom is -0.468 e. The smallest absolute Gasteiger partial charge is 0.326 e. The van der Waals surface area contributed by atoms with Gasteiger partial charge in [-0.25, -0.2) is 0 Å². The summed E-state index contributed by atoms with van der Waals surface area (Å²) in [5.41, 5.74) is -0.413. The third-order valence-corrected chi connectivity index (χ3v) is 4.73. The van der Waals surface area contributed by atoms with Crippen molar-refractivity contribution < 1.29 is 9.53 Å². The number of esters is 1. The molecule has 0 saturated heterocycles. The van der Waals surface area contributed by atoms with Gasteiger partial charge in [0.15, 0.2) is 0 Å². The van der Waals surface area contributed by atoms with E-state index in [0.29, 0.717) is 11.8 Å². The third kappa shape index (κ3) is 2.71. The van der Waals surface area contributed by atoms with Crippen molar-refractivity contribution in [3.8, 4) is 0 Å². The Morgan fingerprint density at radius 3 is 2.61 bits per heavy atom. The van der Waals surface area contributed by atoms with Crippen molar-refractivity contribution >= 4 is 5.97 Å². The molecule has 2 rings (SSSR count). The van der Waals surface area contributed by atoms with Gasteiger partial charge >= 0.3 is 5.97 Å². The van der Waals surface area contributed by atoms with E-state index in [9.17, 15) is 4.79 Å². The predicted molar refractivity (Wildman–Crippen MR) is 72.3 cm³/mol. The molecule has 0 bridgehead atoms. The van der Waals surface area contributed by atoms with Crippen LogP contribution in [0.4, 0.5) is 0 Å². The fourth-order valence-electron chi connectivity index (χ4n) is 3.48. The van der Waals surface area contributed by atoms with Crippen LogP contribution < -0.4 is 5.32 Å². The lowest BCUT2D eigenvalue weighted by Crippen LogP contribution is -2.61. The molecule has 0 heterocycles. The van der Waals surface area contributed by atoms with Crippen molar-refractivity contribution in [2.45, 2.75) is 57.9 Å². The van der Waals surface area contributed by atoms with Crippen LogP contribution in [-0.4, -0.2) is 25.2 Å². The number of carbonyl (C=O) groups excluding carboxylic acids is 1. The molecule has 3 nitrogen and oxygen atoms in total. The average Bonchev–Trinajstić information content (AvgIpc) is 3.19. The van der Waals surface area contributed by atoms with Gasteiger partial charge in [0.2, 0.25) is 0 Å². The van der Waals surface area contributed by atoms with Crippen molar-refractivity contribution in [2.24, 2.45) is 17.8 Å². The number of hydrogen-bond acceptors (Lipinski definition) is 3. The largest absolute Gasteiger partial charge is 0.468 e. The summed E-state index contributed by atoms with van der Waals surface area (Å²) in [4.78, 5) is 12.4. The second kappa shape index (κ2) is 5.60. The molecule has 0 spiro atoms. The first-order valence-corrected chi connectivity index (χ1v) is 7.43. The van der Waals surface area contributed by atoms with Gasteiger partial charge in [0.25, 0.3) is 0 Å². The highest BCUT2D eigenvalue weighted by Crippen LogP contribution is 2.40. The molecular formula is C15H27NO2. The average molecular weight is 253 g/mol. The van der Waals surface area contributed by atoms with Gasteiger partial charge in [-0.1, -0.05) is 26.7 Å². The summed E-state index contributed by atoms with van der Waals surface area (Å²) in [6.45, 7) is 5.44. The molecule has 2 atom stereocenters. The Bertz CT molecular complexity index is 299. The van der Waals surface area contributed by atoms with Gasteiger partial charge < -0.3 is 10.1 Å². The van der Waals surface area contributed by atoms with Crippen LogP contribution in [-0.2, 0) is 9.53 Å². The lowest BCUT2D eigenvalue weighted by molar-refractivity contribution is -0.154.